The lowest BCUT2D eigenvalue weighted by atomic mass is 10.2. The lowest BCUT2D eigenvalue weighted by Gasteiger charge is -2.00. The summed E-state index contributed by atoms with van der Waals surface area (Å²) in [5.74, 6) is -1.37. The molecule has 1 N–H and O–H groups in total. The van der Waals surface area contributed by atoms with Crippen LogP contribution in [0.3, 0.4) is 0 Å². The molecule has 0 bridgehead atoms. The van der Waals surface area contributed by atoms with Crippen molar-refractivity contribution in [2.75, 3.05) is 0 Å². The molecule has 17 heavy (non-hydrogen) atoms. The molecule has 0 radical (unpaired) electrons. The van der Waals surface area contributed by atoms with Crippen molar-refractivity contribution in [2.45, 2.75) is 13.5 Å². The third-order valence-electron chi connectivity index (χ3n) is 2.61. The van der Waals surface area contributed by atoms with E-state index in [2.05, 4.69) is 0 Å². The Morgan fingerprint density at radius 1 is 1.53 bits per heavy atom. The van der Waals surface area contributed by atoms with Gasteiger partial charge in [0.15, 0.2) is 0 Å². The highest BCUT2D eigenvalue weighted by Crippen LogP contribution is 2.22. The number of hydrogen-bond acceptors (Lipinski definition) is 1. The van der Waals surface area contributed by atoms with Gasteiger partial charge < -0.3 is 9.67 Å². The summed E-state index contributed by atoms with van der Waals surface area (Å²) in [6, 6.07) is 4.13. The maximum Gasteiger partial charge on any atom is 0.337 e. The summed E-state index contributed by atoms with van der Waals surface area (Å²) < 4.78 is 14.9. The molecule has 2 rings (SSSR count). The number of allylic oxidation sites excluding steroid dienone is 2. The van der Waals surface area contributed by atoms with E-state index in [0.29, 0.717) is 17.4 Å². The molecule has 0 saturated carbocycles. The molecule has 88 valence electrons. The number of rotatable bonds is 3. The fraction of sp³-hybridized carbons (Fsp3) is 0.154. The van der Waals surface area contributed by atoms with E-state index >= 15 is 0 Å². The Balaban J connectivity index is 2.66. The molecule has 0 spiro atoms. The minimum absolute atomic E-state index is 0.199. The molecule has 0 atom stereocenters. The lowest BCUT2D eigenvalue weighted by molar-refractivity contribution is 0.0699. The number of fused-ring (bicyclic) bond motifs is 1. The summed E-state index contributed by atoms with van der Waals surface area (Å²) in [5, 5.41) is 9.62. The Morgan fingerprint density at radius 3 is 2.94 bits per heavy atom. The van der Waals surface area contributed by atoms with Crippen LogP contribution in [0.2, 0.25) is 0 Å². The van der Waals surface area contributed by atoms with Gasteiger partial charge >= 0.3 is 5.97 Å². The number of carbonyl (C=O) groups is 1. The van der Waals surface area contributed by atoms with Crippen molar-refractivity contribution in [3.05, 3.63) is 47.9 Å². The van der Waals surface area contributed by atoms with Crippen LogP contribution in [-0.2, 0) is 6.54 Å². The van der Waals surface area contributed by atoms with Crippen LogP contribution >= 0.6 is 0 Å². The summed E-state index contributed by atoms with van der Waals surface area (Å²) >= 11 is 0. The maximum absolute atomic E-state index is 13.2. The number of benzene rings is 1. The van der Waals surface area contributed by atoms with E-state index < -0.39 is 5.97 Å². The highest BCUT2D eigenvalue weighted by Gasteiger charge is 2.13. The number of nitrogens with zero attached hydrogens (tertiary/aromatic N) is 1. The van der Waals surface area contributed by atoms with Crippen LogP contribution in [0.1, 0.15) is 17.3 Å². The first kappa shape index (κ1) is 11.4. The van der Waals surface area contributed by atoms with Crippen molar-refractivity contribution >= 4 is 16.9 Å². The Labute approximate surface area is 97.8 Å². The van der Waals surface area contributed by atoms with E-state index in [1.165, 1.54) is 24.4 Å². The molecule has 1 heterocycles. The van der Waals surface area contributed by atoms with E-state index in [9.17, 15) is 9.18 Å². The normalized spacial score (nSPS) is 11.4. The largest absolute Gasteiger partial charge is 0.478 e. The van der Waals surface area contributed by atoms with Gasteiger partial charge in [-0.1, -0.05) is 12.2 Å². The smallest absolute Gasteiger partial charge is 0.337 e. The van der Waals surface area contributed by atoms with Gasteiger partial charge in [-0.15, -0.1) is 0 Å². The van der Waals surface area contributed by atoms with Gasteiger partial charge in [0.1, 0.15) is 5.82 Å². The molecule has 0 aliphatic carbocycles. The molecule has 2 aromatic rings. The van der Waals surface area contributed by atoms with Gasteiger partial charge in [0.25, 0.3) is 0 Å². The first-order valence-corrected chi connectivity index (χ1v) is 5.26. The molecule has 0 saturated heterocycles. The van der Waals surface area contributed by atoms with Gasteiger partial charge in [-0.2, -0.15) is 0 Å². The van der Waals surface area contributed by atoms with Crippen LogP contribution in [0.15, 0.2) is 36.5 Å². The summed E-state index contributed by atoms with van der Waals surface area (Å²) in [7, 11) is 0. The molecular formula is C13H12FNO2. The molecule has 0 aliphatic heterocycles. The minimum atomic E-state index is -0.999. The van der Waals surface area contributed by atoms with Crippen LogP contribution in [-0.4, -0.2) is 15.6 Å². The van der Waals surface area contributed by atoms with E-state index in [4.69, 9.17) is 5.11 Å². The van der Waals surface area contributed by atoms with Crippen molar-refractivity contribution in [2.24, 2.45) is 0 Å². The molecule has 1 aromatic heterocycles. The number of aromatic carboxylic acids is 1. The zero-order chi connectivity index (χ0) is 12.4. The number of carboxylic acid groups (broad SMARTS) is 1. The Hall–Kier alpha value is -2.10. The van der Waals surface area contributed by atoms with Crippen LogP contribution in [0.25, 0.3) is 10.9 Å². The average Bonchev–Trinajstić information content (AvgIpc) is 2.64. The Bertz CT molecular complexity index is 599. The van der Waals surface area contributed by atoms with Crippen LogP contribution < -0.4 is 0 Å². The van der Waals surface area contributed by atoms with Gasteiger partial charge in [0.2, 0.25) is 0 Å². The molecule has 0 amide bonds. The van der Waals surface area contributed by atoms with Crippen molar-refractivity contribution in [3.63, 3.8) is 0 Å². The number of carboxylic acids is 1. The number of aromatic nitrogens is 1. The Kier molecular flexibility index (Phi) is 2.95. The molecule has 3 nitrogen and oxygen atoms in total. The molecule has 0 fully saturated rings. The first-order valence-electron chi connectivity index (χ1n) is 5.26. The molecule has 4 heteroatoms. The zero-order valence-electron chi connectivity index (χ0n) is 9.35. The van der Waals surface area contributed by atoms with Crippen LogP contribution in [0, 0.1) is 5.82 Å². The standard InChI is InChI=1S/C13H12FNO2/c1-2-3-6-15-8-11(13(16)17)10-5-4-9(14)7-12(10)15/h2-5,7-8H,6H2,1H3,(H,16,17)/b3-2+. The SMILES string of the molecule is C/C=C/Cn1cc(C(=O)O)c2ccc(F)cc21. The highest BCUT2D eigenvalue weighted by molar-refractivity contribution is 6.03. The van der Waals surface area contributed by atoms with Gasteiger partial charge in [-0.05, 0) is 25.1 Å². The summed E-state index contributed by atoms with van der Waals surface area (Å²) in [4.78, 5) is 11.1. The summed E-state index contributed by atoms with van der Waals surface area (Å²) in [6.45, 7) is 2.41. The van der Waals surface area contributed by atoms with E-state index in [-0.39, 0.29) is 11.4 Å². The molecule has 0 unspecified atom stereocenters. The summed E-state index contributed by atoms with van der Waals surface area (Å²) in [6.07, 6.45) is 5.29. The molecule has 1 aromatic carbocycles. The van der Waals surface area contributed by atoms with Gasteiger partial charge in [-0.25, -0.2) is 9.18 Å². The minimum Gasteiger partial charge on any atom is -0.478 e. The zero-order valence-corrected chi connectivity index (χ0v) is 9.35. The van der Waals surface area contributed by atoms with Crippen molar-refractivity contribution in [1.82, 2.24) is 4.57 Å². The first-order chi connectivity index (χ1) is 8.13. The molecular weight excluding hydrogens is 221 g/mol. The fourth-order valence-corrected chi connectivity index (χ4v) is 1.81. The van der Waals surface area contributed by atoms with Crippen LogP contribution in [0.4, 0.5) is 4.39 Å². The van der Waals surface area contributed by atoms with Crippen molar-refractivity contribution in [1.29, 1.82) is 0 Å². The van der Waals surface area contributed by atoms with Crippen LogP contribution in [0.5, 0.6) is 0 Å². The quantitative estimate of drug-likeness (QED) is 0.828. The second-order valence-electron chi connectivity index (χ2n) is 3.73. The Morgan fingerprint density at radius 2 is 2.29 bits per heavy atom. The second kappa shape index (κ2) is 4.41. The second-order valence-corrected chi connectivity index (χ2v) is 3.73. The van der Waals surface area contributed by atoms with E-state index in [1.807, 2.05) is 19.1 Å². The number of halogens is 1. The van der Waals surface area contributed by atoms with E-state index in [0.717, 1.165) is 0 Å². The fourth-order valence-electron chi connectivity index (χ4n) is 1.81. The third kappa shape index (κ3) is 2.06. The molecule has 0 aliphatic rings. The monoisotopic (exact) mass is 233 g/mol. The lowest BCUT2D eigenvalue weighted by Crippen LogP contribution is -1.95. The topological polar surface area (TPSA) is 42.2 Å². The van der Waals surface area contributed by atoms with Gasteiger partial charge in [0.05, 0.1) is 11.1 Å². The summed E-state index contributed by atoms with van der Waals surface area (Å²) in [5.41, 5.74) is 0.796. The van der Waals surface area contributed by atoms with Gasteiger partial charge in [-0.3, -0.25) is 0 Å². The van der Waals surface area contributed by atoms with Crippen molar-refractivity contribution in [3.8, 4) is 0 Å². The third-order valence-corrected chi connectivity index (χ3v) is 2.61. The predicted octanol–water partition coefficient (Wildman–Crippen LogP) is 3.05. The van der Waals surface area contributed by atoms with Gasteiger partial charge in [0, 0.05) is 18.1 Å². The van der Waals surface area contributed by atoms with E-state index in [1.54, 1.807) is 4.57 Å². The number of hydrogen-bond donors (Lipinski definition) is 1. The average molecular weight is 233 g/mol. The highest BCUT2D eigenvalue weighted by atomic mass is 19.1. The van der Waals surface area contributed by atoms with Crippen molar-refractivity contribution < 1.29 is 14.3 Å². The maximum atomic E-state index is 13.2. The predicted molar refractivity (Wildman–Crippen MR) is 63.7 cm³/mol.